The minimum absolute atomic E-state index is 0.0149. The van der Waals surface area contributed by atoms with Crippen molar-refractivity contribution in [2.45, 2.75) is 121 Å². The average molecular weight is 745 g/mol. The predicted octanol–water partition coefficient (Wildman–Crippen LogP) is 7.29. The normalized spacial score (nSPS) is 19.2. The number of carbonyl (C=O) groups excluding carboxylic acids is 5. The fourth-order valence-electron chi connectivity index (χ4n) is 7.52. The number of nitrogens with zero attached hydrogens (tertiary/aromatic N) is 2. The van der Waals surface area contributed by atoms with Gasteiger partial charge in [-0.05, 0) is 67.5 Å². The molecule has 2 N–H and O–H groups in total. The summed E-state index contributed by atoms with van der Waals surface area (Å²) in [6, 6.07) is 7.11. The zero-order chi connectivity index (χ0) is 38.2. The molecule has 5 amide bonds. The molecule has 1 saturated carbocycles. The number of hydrogen-bond acceptors (Lipinski definition) is 6. The molecule has 1 heterocycles. The van der Waals surface area contributed by atoms with Gasteiger partial charge in [-0.25, -0.2) is 14.1 Å². The van der Waals surface area contributed by atoms with Crippen LogP contribution in [0.1, 0.15) is 107 Å². The zero-order valence-corrected chi connectivity index (χ0v) is 30.1. The summed E-state index contributed by atoms with van der Waals surface area (Å²) in [6.07, 6.45) is 6.53. The highest BCUT2D eigenvalue weighted by Gasteiger charge is 2.58. The van der Waals surface area contributed by atoms with Gasteiger partial charge in [0.2, 0.25) is 23.3 Å². The number of carbonyl (C=O) groups is 5. The molecule has 288 valence electrons. The van der Waals surface area contributed by atoms with Gasteiger partial charge in [-0.3, -0.25) is 19.2 Å². The number of ether oxygens (including phenoxy) is 1. The lowest BCUT2D eigenvalue weighted by Gasteiger charge is -2.31. The Morgan fingerprint density at radius 2 is 1.68 bits per heavy atom. The van der Waals surface area contributed by atoms with Crippen molar-refractivity contribution in [1.82, 2.24) is 15.1 Å². The SMILES string of the molecule is C[C@H](N(Cc1ccc(F)cc1)C(=O)CN1C(=O)OC2(CCc3cc(NC(=O)CCCNC(=O)CCCCCC4CCCCC4)ccc32)C1=O)C(F)(F)F. The minimum Gasteiger partial charge on any atom is -0.427 e. The number of imide groups is 1. The standard InChI is InChI=1S/C39H48F4N4O6/c1-26(39(41,42)43)46(24-28-14-16-30(40)17-15-28)35(50)25-47-36(51)38(53-37(47)52)21-20-29-23-31(18-19-32(29)38)45-34(49)13-8-22-44-33(48)12-7-3-6-11-27-9-4-2-5-10-27/h14-19,23,26-27H,2-13,20-22,24-25H2,1H3,(H,44,48)(H,45,49)/t26-,38?/m0/s1. The number of fused-ring (bicyclic) bond motifs is 2. The van der Waals surface area contributed by atoms with Crippen LogP contribution < -0.4 is 10.6 Å². The van der Waals surface area contributed by atoms with Crippen molar-refractivity contribution in [3.05, 3.63) is 65.0 Å². The van der Waals surface area contributed by atoms with Crippen LogP contribution in [0, 0.1) is 11.7 Å². The molecule has 1 unspecified atom stereocenters. The summed E-state index contributed by atoms with van der Waals surface area (Å²) in [5.41, 5.74) is -0.0635. The Kier molecular flexibility index (Phi) is 13.2. The van der Waals surface area contributed by atoms with E-state index in [0.29, 0.717) is 52.4 Å². The molecule has 3 aliphatic rings. The van der Waals surface area contributed by atoms with Crippen LogP contribution in [0.2, 0.25) is 0 Å². The fraction of sp³-hybridized carbons (Fsp3) is 0.564. The molecule has 1 spiro atoms. The van der Waals surface area contributed by atoms with Gasteiger partial charge in [-0.2, -0.15) is 13.2 Å². The topological polar surface area (TPSA) is 125 Å². The lowest BCUT2D eigenvalue weighted by Crippen LogP contribution is -2.51. The highest BCUT2D eigenvalue weighted by Crippen LogP contribution is 2.46. The number of halogens is 4. The molecule has 2 aromatic carbocycles. The monoisotopic (exact) mass is 744 g/mol. The van der Waals surface area contributed by atoms with E-state index in [1.165, 1.54) is 50.7 Å². The van der Waals surface area contributed by atoms with Crippen molar-refractivity contribution in [3.8, 4) is 0 Å². The molecule has 14 heteroatoms. The van der Waals surface area contributed by atoms with Gasteiger partial charge in [-0.15, -0.1) is 0 Å². The van der Waals surface area contributed by atoms with Crippen LogP contribution in [-0.4, -0.2) is 64.8 Å². The van der Waals surface area contributed by atoms with E-state index >= 15 is 0 Å². The number of alkyl halides is 3. The lowest BCUT2D eigenvalue weighted by atomic mass is 9.85. The summed E-state index contributed by atoms with van der Waals surface area (Å²) in [5.74, 6) is -2.03. The summed E-state index contributed by atoms with van der Waals surface area (Å²) in [4.78, 5) is 65.8. The van der Waals surface area contributed by atoms with Gasteiger partial charge in [0, 0.05) is 43.6 Å². The number of nitrogens with one attached hydrogen (secondary N) is 2. The number of anilines is 1. The first-order valence-corrected chi connectivity index (χ1v) is 18.6. The number of aryl methyl sites for hydroxylation is 1. The number of amides is 5. The molecule has 2 atom stereocenters. The van der Waals surface area contributed by atoms with Gasteiger partial charge >= 0.3 is 12.3 Å². The van der Waals surface area contributed by atoms with Crippen molar-refractivity contribution in [2.24, 2.45) is 5.92 Å². The Labute approximate surface area is 307 Å². The van der Waals surface area contributed by atoms with Crippen LogP contribution in [0.4, 0.5) is 28.0 Å². The van der Waals surface area contributed by atoms with Crippen molar-refractivity contribution >= 4 is 35.4 Å². The molecule has 10 nitrogen and oxygen atoms in total. The Hall–Kier alpha value is -4.49. The Bertz CT molecular complexity index is 1650. The van der Waals surface area contributed by atoms with Gasteiger partial charge in [0.15, 0.2) is 0 Å². The van der Waals surface area contributed by atoms with Crippen LogP contribution in [0.25, 0.3) is 0 Å². The summed E-state index contributed by atoms with van der Waals surface area (Å²) in [6.45, 7) is -0.345. The first-order valence-electron chi connectivity index (χ1n) is 18.6. The third-order valence-corrected chi connectivity index (χ3v) is 10.6. The summed E-state index contributed by atoms with van der Waals surface area (Å²) < 4.78 is 60.2. The van der Waals surface area contributed by atoms with Crippen molar-refractivity contribution < 1.29 is 46.3 Å². The molecule has 2 aliphatic carbocycles. The smallest absolute Gasteiger partial charge is 0.418 e. The predicted molar refractivity (Wildman–Crippen MR) is 188 cm³/mol. The highest BCUT2D eigenvalue weighted by molar-refractivity contribution is 6.06. The molecule has 1 aliphatic heterocycles. The molecule has 0 radical (unpaired) electrons. The van der Waals surface area contributed by atoms with E-state index in [4.69, 9.17) is 4.74 Å². The Morgan fingerprint density at radius 1 is 0.962 bits per heavy atom. The molecule has 5 rings (SSSR count). The maximum Gasteiger partial charge on any atom is 0.418 e. The molecule has 2 aromatic rings. The second-order valence-corrected chi connectivity index (χ2v) is 14.4. The molecule has 0 aromatic heterocycles. The largest absolute Gasteiger partial charge is 0.427 e. The number of benzene rings is 2. The van der Waals surface area contributed by atoms with Crippen LogP contribution in [0.3, 0.4) is 0 Å². The van der Waals surface area contributed by atoms with E-state index in [-0.39, 0.29) is 30.2 Å². The molecule has 53 heavy (non-hydrogen) atoms. The van der Waals surface area contributed by atoms with Crippen molar-refractivity contribution in [2.75, 3.05) is 18.4 Å². The molecular weight excluding hydrogens is 696 g/mol. The highest BCUT2D eigenvalue weighted by atomic mass is 19.4. The van der Waals surface area contributed by atoms with E-state index in [2.05, 4.69) is 10.6 Å². The first-order chi connectivity index (χ1) is 25.3. The van der Waals surface area contributed by atoms with E-state index in [0.717, 1.165) is 44.2 Å². The first kappa shape index (κ1) is 39.7. The van der Waals surface area contributed by atoms with Crippen LogP contribution in [-0.2, 0) is 42.5 Å². The van der Waals surface area contributed by atoms with E-state index < -0.39 is 54.6 Å². The van der Waals surface area contributed by atoms with Crippen LogP contribution in [0.5, 0.6) is 0 Å². The van der Waals surface area contributed by atoms with Gasteiger partial charge < -0.3 is 20.3 Å². The molecule has 1 saturated heterocycles. The van der Waals surface area contributed by atoms with Gasteiger partial charge in [0.1, 0.15) is 18.4 Å². The molecular formula is C39H48F4N4O6. The number of rotatable bonds is 16. The summed E-state index contributed by atoms with van der Waals surface area (Å²) in [7, 11) is 0. The second kappa shape index (κ2) is 17.6. The number of unbranched alkanes of at least 4 members (excludes halogenated alkanes) is 2. The fourth-order valence-corrected chi connectivity index (χ4v) is 7.52. The summed E-state index contributed by atoms with van der Waals surface area (Å²) >= 11 is 0. The van der Waals surface area contributed by atoms with Gasteiger partial charge in [0.25, 0.3) is 5.91 Å². The Morgan fingerprint density at radius 3 is 2.40 bits per heavy atom. The van der Waals surface area contributed by atoms with Crippen molar-refractivity contribution in [3.63, 3.8) is 0 Å². The quantitative estimate of drug-likeness (QED) is 0.137. The molecule has 0 bridgehead atoms. The van der Waals surface area contributed by atoms with Crippen LogP contribution in [0.15, 0.2) is 42.5 Å². The average Bonchev–Trinajstić information content (AvgIpc) is 3.60. The molecule has 2 fully saturated rings. The number of hydrogen-bond donors (Lipinski definition) is 2. The Balaban J connectivity index is 1.09. The van der Waals surface area contributed by atoms with E-state index in [1.807, 2.05) is 0 Å². The third-order valence-electron chi connectivity index (χ3n) is 10.6. The van der Waals surface area contributed by atoms with Crippen molar-refractivity contribution in [1.29, 1.82) is 0 Å². The maximum absolute atomic E-state index is 13.8. The van der Waals surface area contributed by atoms with Crippen LogP contribution >= 0.6 is 0 Å². The second-order valence-electron chi connectivity index (χ2n) is 14.4. The van der Waals surface area contributed by atoms with E-state index in [9.17, 15) is 41.5 Å². The van der Waals surface area contributed by atoms with Gasteiger partial charge in [0.05, 0.1) is 0 Å². The minimum atomic E-state index is -4.81. The zero-order valence-electron chi connectivity index (χ0n) is 30.1. The maximum atomic E-state index is 13.8. The lowest BCUT2D eigenvalue weighted by molar-refractivity contribution is -0.187. The van der Waals surface area contributed by atoms with E-state index in [1.54, 1.807) is 18.2 Å². The third kappa shape index (κ3) is 10.1. The van der Waals surface area contributed by atoms with Gasteiger partial charge in [-0.1, -0.05) is 69.6 Å². The summed E-state index contributed by atoms with van der Waals surface area (Å²) in [5, 5.41) is 5.68.